The monoisotopic (exact) mass is 240 g/mol. The molecule has 1 aliphatic heterocycles. The third kappa shape index (κ3) is 4.40. The summed E-state index contributed by atoms with van der Waals surface area (Å²) in [4.78, 5) is 16.8. The van der Waals surface area contributed by atoms with E-state index in [1.54, 1.807) is 0 Å². The molecule has 1 rings (SSSR count). The quantitative estimate of drug-likeness (QED) is 0.751. The zero-order chi connectivity index (χ0) is 13.1. The van der Waals surface area contributed by atoms with Crippen molar-refractivity contribution < 1.29 is 4.79 Å². The van der Waals surface area contributed by atoms with Crippen LogP contribution in [0, 0.1) is 5.41 Å². The van der Waals surface area contributed by atoms with E-state index in [-0.39, 0.29) is 5.41 Å². The maximum Gasteiger partial charge on any atom is 0.139 e. The number of Topliss-reactive ketones (excluding diaryl/α,β-unsaturated/α-hetero) is 1. The molecule has 1 unspecified atom stereocenters. The topological polar surface area (TPSA) is 23.6 Å². The zero-order valence-electron chi connectivity index (χ0n) is 12.1. The van der Waals surface area contributed by atoms with Crippen molar-refractivity contribution in [3.05, 3.63) is 0 Å². The summed E-state index contributed by atoms with van der Waals surface area (Å²) in [6.07, 6.45) is 0.697. The summed E-state index contributed by atoms with van der Waals surface area (Å²) in [6.45, 7) is 15.9. The predicted octanol–water partition coefficient (Wildman–Crippen LogP) is 2.02. The molecule has 0 bridgehead atoms. The summed E-state index contributed by atoms with van der Waals surface area (Å²) < 4.78 is 0. The molecule has 3 heteroatoms. The van der Waals surface area contributed by atoms with E-state index in [0.29, 0.717) is 18.2 Å². The Kier molecular flexibility index (Phi) is 5.14. The number of rotatable bonds is 4. The lowest BCUT2D eigenvalue weighted by molar-refractivity contribution is -0.126. The standard InChI is InChI=1S/C14H28N2O/c1-6-16-10-9-15(11-12(16)2)8-7-13(17)14(3,4)5/h12H,6-11H2,1-5H3. The molecule has 1 heterocycles. The molecule has 17 heavy (non-hydrogen) atoms. The number of ketones is 1. The maximum atomic E-state index is 11.9. The first-order chi connectivity index (χ1) is 7.84. The van der Waals surface area contributed by atoms with Crippen LogP contribution in [0.2, 0.25) is 0 Å². The Bertz CT molecular complexity index is 257. The van der Waals surface area contributed by atoms with Gasteiger partial charge < -0.3 is 4.90 Å². The second-order valence-corrected chi connectivity index (χ2v) is 6.20. The minimum Gasteiger partial charge on any atom is -0.300 e. The number of piperazine rings is 1. The van der Waals surface area contributed by atoms with Gasteiger partial charge in [-0.1, -0.05) is 27.7 Å². The average Bonchev–Trinajstić information content (AvgIpc) is 2.24. The van der Waals surface area contributed by atoms with Crippen LogP contribution in [0.1, 0.15) is 41.0 Å². The van der Waals surface area contributed by atoms with Crippen molar-refractivity contribution in [3.8, 4) is 0 Å². The number of hydrogen-bond donors (Lipinski definition) is 0. The molecule has 0 amide bonds. The highest BCUT2D eigenvalue weighted by Gasteiger charge is 2.25. The third-order valence-corrected chi connectivity index (χ3v) is 3.75. The highest BCUT2D eigenvalue weighted by molar-refractivity contribution is 5.83. The minimum atomic E-state index is -0.184. The molecule has 3 nitrogen and oxygen atoms in total. The van der Waals surface area contributed by atoms with Gasteiger partial charge in [-0.2, -0.15) is 0 Å². The lowest BCUT2D eigenvalue weighted by atomic mass is 9.89. The van der Waals surface area contributed by atoms with Gasteiger partial charge in [-0.25, -0.2) is 0 Å². The highest BCUT2D eigenvalue weighted by Crippen LogP contribution is 2.17. The first-order valence-electron chi connectivity index (χ1n) is 6.84. The van der Waals surface area contributed by atoms with E-state index in [9.17, 15) is 4.79 Å². The molecule has 0 radical (unpaired) electrons. The molecule has 0 aromatic rings. The number of nitrogens with zero attached hydrogens (tertiary/aromatic N) is 2. The molecule has 100 valence electrons. The van der Waals surface area contributed by atoms with E-state index in [1.165, 1.54) is 0 Å². The van der Waals surface area contributed by atoms with Crippen molar-refractivity contribution in [1.29, 1.82) is 0 Å². The van der Waals surface area contributed by atoms with Gasteiger partial charge in [0.05, 0.1) is 0 Å². The van der Waals surface area contributed by atoms with Crippen LogP contribution in [0.3, 0.4) is 0 Å². The van der Waals surface area contributed by atoms with Crippen molar-refractivity contribution in [3.63, 3.8) is 0 Å². The Labute approximate surface area is 106 Å². The fourth-order valence-electron chi connectivity index (χ4n) is 2.38. The lowest BCUT2D eigenvalue weighted by Gasteiger charge is -2.39. The summed E-state index contributed by atoms with van der Waals surface area (Å²) in [6, 6.07) is 0.624. The molecule has 0 aliphatic carbocycles. The van der Waals surface area contributed by atoms with E-state index in [2.05, 4.69) is 23.6 Å². The Balaban J connectivity index is 2.33. The second kappa shape index (κ2) is 5.96. The first kappa shape index (κ1) is 14.7. The van der Waals surface area contributed by atoms with Crippen LogP contribution in [0.4, 0.5) is 0 Å². The number of carbonyl (C=O) groups excluding carboxylic acids is 1. The largest absolute Gasteiger partial charge is 0.300 e. The van der Waals surface area contributed by atoms with Gasteiger partial charge in [-0.15, -0.1) is 0 Å². The minimum absolute atomic E-state index is 0.184. The van der Waals surface area contributed by atoms with Crippen LogP contribution in [-0.2, 0) is 4.79 Å². The van der Waals surface area contributed by atoms with Crippen molar-refractivity contribution in [1.82, 2.24) is 9.80 Å². The first-order valence-corrected chi connectivity index (χ1v) is 6.84. The average molecular weight is 240 g/mol. The van der Waals surface area contributed by atoms with E-state index in [0.717, 1.165) is 32.7 Å². The van der Waals surface area contributed by atoms with Gasteiger partial charge >= 0.3 is 0 Å². The third-order valence-electron chi connectivity index (χ3n) is 3.75. The van der Waals surface area contributed by atoms with Crippen LogP contribution in [-0.4, -0.2) is 54.3 Å². The zero-order valence-corrected chi connectivity index (χ0v) is 12.1. The fourth-order valence-corrected chi connectivity index (χ4v) is 2.38. The van der Waals surface area contributed by atoms with Crippen LogP contribution in [0.5, 0.6) is 0 Å². The Morgan fingerprint density at radius 3 is 2.41 bits per heavy atom. The van der Waals surface area contributed by atoms with Crippen molar-refractivity contribution in [2.75, 3.05) is 32.7 Å². The smallest absolute Gasteiger partial charge is 0.139 e. The molecule has 1 aliphatic rings. The number of hydrogen-bond acceptors (Lipinski definition) is 3. The normalized spacial score (nSPS) is 23.9. The summed E-state index contributed by atoms with van der Waals surface area (Å²) in [5.41, 5.74) is -0.184. The Morgan fingerprint density at radius 1 is 1.29 bits per heavy atom. The van der Waals surface area contributed by atoms with Gasteiger partial charge in [0, 0.05) is 44.1 Å². The molecule has 1 saturated heterocycles. The molecule has 0 spiro atoms. The molecule has 0 N–H and O–H groups in total. The SMILES string of the molecule is CCN1CCN(CCC(=O)C(C)(C)C)CC1C. The van der Waals surface area contributed by atoms with Crippen LogP contribution >= 0.6 is 0 Å². The Morgan fingerprint density at radius 2 is 1.94 bits per heavy atom. The van der Waals surface area contributed by atoms with Crippen molar-refractivity contribution in [2.24, 2.45) is 5.41 Å². The van der Waals surface area contributed by atoms with Crippen LogP contribution in [0.15, 0.2) is 0 Å². The van der Waals surface area contributed by atoms with Gasteiger partial charge in [-0.3, -0.25) is 9.69 Å². The summed E-state index contributed by atoms with van der Waals surface area (Å²) in [7, 11) is 0. The van der Waals surface area contributed by atoms with Gasteiger partial charge in [-0.05, 0) is 13.5 Å². The Hall–Kier alpha value is -0.410. The molecule has 0 saturated carbocycles. The predicted molar refractivity (Wildman–Crippen MR) is 72.2 cm³/mol. The molecular weight excluding hydrogens is 212 g/mol. The number of carbonyl (C=O) groups is 1. The molecule has 0 aromatic heterocycles. The summed E-state index contributed by atoms with van der Waals surface area (Å²) >= 11 is 0. The molecule has 1 atom stereocenters. The van der Waals surface area contributed by atoms with Gasteiger partial charge in [0.2, 0.25) is 0 Å². The van der Waals surface area contributed by atoms with Crippen molar-refractivity contribution in [2.45, 2.75) is 47.1 Å². The van der Waals surface area contributed by atoms with Crippen LogP contribution in [0.25, 0.3) is 0 Å². The van der Waals surface area contributed by atoms with Crippen LogP contribution < -0.4 is 0 Å². The van der Waals surface area contributed by atoms with E-state index < -0.39 is 0 Å². The van der Waals surface area contributed by atoms with Crippen molar-refractivity contribution >= 4 is 5.78 Å². The fraction of sp³-hybridized carbons (Fsp3) is 0.929. The van der Waals surface area contributed by atoms with E-state index in [4.69, 9.17) is 0 Å². The molecule has 0 aromatic carbocycles. The van der Waals surface area contributed by atoms with E-state index in [1.807, 2.05) is 20.8 Å². The molecule has 1 fully saturated rings. The molecular formula is C14H28N2O. The van der Waals surface area contributed by atoms with Gasteiger partial charge in [0.25, 0.3) is 0 Å². The summed E-state index contributed by atoms with van der Waals surface area (Å²) in [5, 5.41) is 0. The van der Waals surface area contributed by atoms with E-state index >= 15 is 0 Å². The second-order valence-electron chi connectivity index (χ2n) is 6.20. The lowest BCUT2D eigenvalue weighted by Crippen LogP contribution is -2.52. The van der Waals surface area contributed by atoms with Gasteiger partial charge in [0.1, 0.15) is 5.78 Å². The maximum absolute atomic E-state index is 11.9. The summed E-state index contributed by atoms with van der Waals surface area (Å²) in [5.74, 6) is 0.378. The number of likely N-dealkylation sites (N-methyl/N-ethyl adjacent to an activating group) is 1. The highest BCUT2D eigenvalue weighted by atomic mass is 16.1. The van der Waals surface area contributed by atoms with Gasteiger partial charge in [0.15, 0.2) is 0 Å².